The quantitative estimate of drug-likeness (QED) is 0.751. The van der Waals surface area contributed by atoms with Crippen molar-refractivity contribution in [3.05, 3.63) is 0 Å². The number of amides is 2. The van der Waals surface area contributed by atoms with Gasteiger partial charge in [0.05, 0.1) is 6.54 Å². The standard InChI is InChI=1S/C17H31N3O3/c1-4-19(11-16(21)22)15-8-14(9-15)18-17(23)20-6-5-13(10-20)7-12(2)3/h12-15H,4-11H2,1-3H3,(H,18,23)(H,21,22). The number of likely N-dealkylation sites (N-methyl/N-ethyl adjacent to an activating group) is 1. The Morgan fingerprint density at radius 1 is 1.35 bits per heavy atom. The molecule has 2 amide bonds. The van der Waals surface area contributed by atoms with E-state index in [0.717, 1.165) is 38.9 Å². The third-order valence-corrected chi connectivity index (χ3v) is 5.08. The monoisotopic (exact) mass is 325 g/mol. The molecule has 132 valence electrons. The molecule has 0 aromatic carbocycles. The number of nitrogens with zero attached hydrogens (tertiary/aromatic N) is 2. The van der Waals surface area contributed by atoms with Crippen LogP contribution in [0.25, 0.3) is 0 Å². The van der Waals surface area contributed by atoms with Gasteiger partial charge in [0.15, 0.2) is 0 Å². The lowest BCUT2D eigenvalue weighted by atomic mass is 9.85. The summed E-state index contributed by atoms with van der Waals surface area (Å²) in [5.74, 6) is 0.540. The number of urea groups is 1. The van der Waals surface area contributed by atoms with Gasteiger partial charge in [0.25, 0.3) is 0 Å². The molecular weight excluding hydrogens is 294 g/mol. The van der Waals surface area contributed by atoms with Gasteiger partial charge in [0.1, 0.15) is 0 Å². The molecule has 2 N–H and O–H groups in total. The van der Waals surface area contributed by atoms with Gasteiger partial charge >= 0.3 is 12.0 Å². The van der Waals surface area contributed by atoms with Crippen LogP contribution in [-0.2, 0) is 4.79 Å². The first-order chi connectivity index (χ1) is 10.9. The Bertz CT molecular complexity index is 421. The summed E-state index contributed by atoms with van der Waals surface area (Å²) in [4.78, 5) is 27.1. The highest BCUT2D eigenvalue weighted by Crippen LogP contribution is 2.27. The van der Waals surface area contributed by atoms with E-state index in [1.165, 1.54) is 6.42 Å². The summed E-state index contributed by atoms with van der Waals surface area (Å²) in [5, 5.41) is 12.0. The van der Waals surface area contributed by atoms with Crippen molar-refractivity contribution in [3.63, 3.8) is 0 Å². The molecule has 2 rings (SSSR count). The van der Waals surface area contributed by atoms with E-state index >= 15 is 0 Å². The van der Waals surface area contributed by atoms with E-state index < -0.39 is 5.97 Å². The maximum absolute atomic E-state index is 12.3. The zero-order valence-corrected chi connectivity index (χ0v) is 14.6. The fourth-order valence-electron chi connectivity index (χ4n) is 3.82. The maximum atomic E-state index is 12.3. The molecule has 0 bridgehead atoms. The van der Waals surface area contributed by atoms with Crippen LogP contribution in [0.2, 0.25) is 0 Å². The van der Waals surface area contributed by atoms with Crippen LogP contribution in [0.1, 0.15) is 46.5 Å². The molecule has 0 spiro atoms. The first kappa shape index (κ1) is 18.0. The molecule has 2 fully saturated rings. The van der Waals surface area contributed by atoms with E-state index in [2.05, 4.69) is 19.2 Å². The summed E-state index contributed by atoms with van der Waals surface area (Å²) < 4.78 is 0. The van der Waals surface area contributed by atoms with Crippen LogP contribution >= 0.6 is 0 Å². The third kappa shape index (κ3) is 5.09. The lowest BCUT2D eigenvalue weighted by molar-refractivity contribution is -0.139. The molecular formula is C17H31N3O3. The van der Waals surface area contributed by atoms with Crippen LogP contribution < -0.4 is 5.32 Å². The first-order valence-corrected chi connectivity index (χ1v) is 8.90. The van der Waals surface area contributed by atoms with Crippen molar-refractivity contribution in [2.45, 2.75) is 58.5 Å². The molecule has 23 heavy (non-hydrogen) atoms. The smallest absolute Gasteiger partial charge is 0.317 e. The minimum Gasteiger partial charge on any atom is -0.480 e. The summed E-state index contributed by atoms with van der Waals surface area (Å²) >= 11 is 0. The Morgan fingerprint density at radius 3 is 2.61 bits per heavy atom. The third-order valence-electron chi connectivity index (χ3n) is 5.08. The van der Waals surface area contributed by atoms with E-state index in [9.17, 15) is 9.59 Å². The van der Waals surface area contributed by atoms with Crippen LogP contribution in [-0.4, -0.2) is 65.2 Å². The van der Waals surface area contributed by atoms with Gasteiger partial charge in [-0.3, -0.25) is 9.69 Å². The number of hydrogen-bond acceptors (Lipinski definition) is 3. The summed E-state index contributed by atoms with van der Waals surface area (Å²) in [7, 11) is 0. The van der Waals surface area contributed by atoms with Crippen molar-refractivity contribution < 1.29 is 14.7 Å². The summed E-state index contributed by atoms with van der Waals surface area (Å²) in [6, 6.07) is 0.536. The Kier molecular flexibility index (Phi) is 6.27. The average molecular weight is 325 g/mol. The highest BCUT2D eigenvalue weighted by Gasteiger charge is 2.36. The van der Waals surface area contributed by atoms with Crippen molar-refractivity contribution in [1.29, 1.82) is 0 Å². The Balaban J connectivity index is 1.69. The van der Waals surface area contributed by atoms with E-state index in [4.69, 9.17) is 5.11 Å². The zero-order valence-electron chi connectivity index (χ0n) is 14.6. The molecule has 1 heterocycles. The highest BCUT2D eigenvalue weighted by molar-refractivity contribution is 5.75. The Hall–Kier alpha value is -1.30. The largest absolute Gasteiger partial charge is 0.480 e. The normalized spacial score (nSPS) is 27.3. The van der Waals surface area contributed by atoms with Crippen LogP contribution in [0.15, 0.2) is 0 Å². The van der Waals surface area contributed by atoms with Crippen molar-refractivity contribution >= 4 is 12.0 Å². The van der Waals surface area contributed by atoms with Gasteiger partial charge in [-0.1, -0.05) is 20.8 Å². The van der Waals surface area contributed by atoms with Gasteiger partial charge in [0.2, 0.25) is 0 Å². The number of carbonyl (C=O) groups excluding carboxylic acids is 1. The number of carboxylic acid groups (broad SMARTS) is 1. The molecule has 6 heteroatoms. The lowest BCUT2D eigenvalue weighted by Crippen LogP contribution is -2.56. The van der Waals surface area contributed by atoms with Gasteiger partial charge in [-0.2, -0.15) is 0 Å². The first-order valence-electron chi connectivity index (χ1n) is 8.90. The number of nitrogens with one attached hydrogen (secondary N) is 1. The molecule has 1 aliphatic heterocycles. The number of rotatable bonds is 7. The molecule has 1 aliphatic carbocycles. The topological polar surface area (TPSA) is 72.9 Å². The fourth-order valence-corrected chi connectivity index (χ4v) is 3.82. The maximum Gasteiger partial charge on any atom is 0.317 e. The second kappa shape index (κ2) is 7.99. The summed E-state index contributed by atoms with van der Waals surface area (Å²) in [6.45, 7) is 9.00. The van der Waals surface area contributed by atoms with Gasteiger partial charge in [-0.25, -0.2) is 4.79 Å². The Morgan fingerprint density at radius 2 is 2.04 bits per heavy atom. The molecule has 0 aromatic rings. The minimum absolute atomic E-state index is 0.0565. The molecule has 0 aromatic heterocycles. The van der Waals surface area contributed by atoms with Crippen molar-refractivity contribution in [1.82, 2.24) is 15.1 Å². The highest BCUT2D eigenvalue weighted by atomic mass is 16.4. The van der Waals surface area contributed by atoms with Crippen LogP contribution in [0.4, 0.5) is 4.79 Å². The van der Waals surface area contributed by atoms with E-state index in [-0.39, 0.29) is 24.7 Å². The van der Waals surface area contributed by atoms with Gasteiger partial charge in [-0.15, -0.1) is 0 Å². The van der Waals surface area contributed by atoms with Crippen LogP contribution in [0.3, 0.4) is 0 Å². The molecule has 0 radical (unpaired) electrons. The molecule has 1 unspecified atom stereocenters. The fraction of sp³-hybridized carbons (Fsp3) is 0.882. The van der Waals surface area contributed by atoms with Gasteiger partial charge in [0, 0.05) is 25.2 Å². The number of carboxylic acids is 1. The molecule has 6 nitrogen and oxygen atoms in total. The minimum atomic E-state index is -0.785. The summed E-state index contributed by atoms with van der Waals surface area (Å²) in [5.41, 5.74) is 0. The predicted molar refractivity (Wildman–Crippen MR) is 89.4 cm³/mol. The van der Waals surface area contributed by atoms with E-state index in [1.54, 1.807) is 0 Å². The van der Waals surface area contributed by atoms with E-state index in [1.807, 2.05) is 16.7 Å². The number of aliphatic carboxylic acids is 1. The predicted octanol–water partition coefficient (Wildman–Crippen LogP) is 2.00. The van der Waals surface area contributed by atoms with Crippen molar-refractivity contribution in [2.75, 3.05) is 26.2 Å². The van der Waals surface area contributed by atoms with Crippen LogP contribution in [0, 0.1) is 11.8 Å². The molecule has 1 saturated heterocycles. The Labute approximate surface area is 139 Å². The molecule has 1 saturated carbocycles. The van der Waals surface area contributed by atoms with Crippen molar-refractivity contribution in [2.24, 2.45) is 11.8 Å². The van der Waals surface area contributed by atoms with Gasteiger partial charge < -0.3 is 15.3 Å². The molecule has 2 aliphatic rings. The second-order valence-electron chi connectivity index (χ2n) is 7.46. The van der Waals surface area contributed by atoms with Crippen molar-refractivity contribution in [3.8, 4) is 0 Å². The molecule has 1 atom stereocenters. The summed E-state index contributed by atoms with van der Waals surface area (Å²) in [6.07, 6.45) is 4.02. The zero-order chi connectivity index (χ0) is 17.0. The lowest BCUT2D eigenvalue weighted by Gasteiger charge is -2.42. The SMILES string of the molecule is CCN(CC(=O)O)C1CC(NC(=O)N2CCC(CC(C)C)C2)C1. The van der Waals surface area contributed by atoms with Gasteiger partial charge in [-0.05, 0) is 44.1 Å². The van der Waals surface area contributed by atoms with E-state index in [0.29, 0.717) is 11.8 Å². The number of likely N-dealkylation sites (tertiary alicyclic amines) is 1. The number of hydrogen-bond donors (Lipinski definition) is 2. The second-order valence-corrected chi connectivity index (χ2v) is 7.46. The number of carbonyl (C=O) groups is 2. The average Bonchev–Trinajstić information content (AvgIpc) is 2.87. The van der Waals surface area contributed by atoms with Crippen LogP contribution in [0.5, 0.6) is 0 Å².